The molecular weight excluding hydrogens is 412 g/mol. The normalized spacial score (nSPS) is 14.8. The molecule has 0 spiro atoms. The zero-order chi connectivity index (χ0) is 22.4. The van der Waals surface area contributed by atoms with Crippen molar-refractivity contribution in [1.82, 2.24) is 19.4 Å². The van der Waals surface area contributed by atoms with Crippen molar-refractivity contribution >= 4 is 27.8 Å². The number of carbonyl (C=O) groups is 1. The first-order chi connectivity index (χ1) is 16.2. The lowest BCUT2D eigenvalue weighted by Crippen LogP contribution is -2.40. The summed E-state index contributed by atoms with van der Waals surface area (Å²) in [5.74, 6) is 0.00905. The number of aromatic nitrogens is 3. The fraction of sp³-hybridized carbons (Fsp3) is 0.185. The number of amides is 1. The topological polar surface area (TPSA) is 73.9 Å². The van der Waals surface area contributed by atoms with Crippen LogP contribution in [0.1, 0.15) is 29.4 Å². The number of nitrogens with one attached hydrogen (secondary N) is 2. The molecule has 6 rings (SSSR count). The molecule has 1 aliphatic heterocycles. The van der Waals surface area contributed by atoms with Gasteiger partial charge < -0.3 is 14.9 Å². The lowest BCUT2D eigenvalue weighted by molar-refractivity contribution is 0.0691. The summed E-state index contributed by atoms with van der Waals surface area (Å²) in [5.41, 5.74) is 5.26. The number of hydrogen-bond donors (Lipinski definition) is 2. The molecule has 0 saturated carbocycles. The third-order valence-electron chi connectivity index (χ3n) is 6.72. The van der Waals surface area contributed by atoms with Crippen LogP contribution >= 0.6 is 0 Å². The predicted molar refractivity (Wildman–Crippen MR) is 130 cm³/mol. The summed E-state index contributed by atoms with van der Waals surface area (Å²) >= 11 is 0. The molecule has 6 nitrogen and oxygen atoms in total. The highest BCUT2D eigenvalue weighted by Gasteiger charge is 2.29. The smallest absolute Gasteiger partial charge is 0.326 e. The zero-order valence-corrected chi connectivity index (χ0v) is 18.1. The maximum atomic E-state index is 13.7. The number of likely N-dealkylation sites (tertiary alicyclic amines) is 1. The van der Waals surface area contributed by atoms with Gasteiger partial charge >= 0.3 is 5.69 Å². The number of piperidine rings is 1. The van der Waals surface area contributed by atoms with Crippen molar-refractivity contribution in [3.05, 3.63) is 95.0 Å². The molecule has 2 N–H and O–H groups in total. The first-order valence-electron chi connectivity index (χ1n) is 11.4. The van der Waals surface area contributed by atoms with E-state index in [1.165, 1.54) is 0 Å². The molecule has 1 saturated heterocycles. The Kier molecular flexibility index (Phi) is 4.64. The summed E-state index contributed by atoms with van der Waals surface area (Å²) in [7, 11) is 0. The Morgan fingerprint density at radius 2 is 1.45 bits per heavy atom. The molecule has 0 atom stereocenters. The highest BCUT2D eigenvalue weighted by atomic mass is 16.2. The van der Waals surface area contributed by atoms with E-state index < -0.39 is 0 Å². The van der Waals surface area contributed by atoms with Crippen LogP contribution in [0.25, 0.3) is 33.1 Å². The van der Waals surface area contributed by atoms with Gasteiger partial charge in [-0.1, -0.05) is 60.7 Å². The predicted octanol–water partition coefficient (Wildman–Crippen LogP) is 4.96. The van der Waals surface area contributed by atoms with Gasteiger partial charge in [0.05, 0.1) is 11.0 Å². The second-order valence-corrected chi connectivity index (χ2v) is 8.63. The number of rotatable bonds is 3. The maximum Gasteiger partial charge on any atom is 0.326 e. The second kappa shape index (κ2) is 7.81. The van der Waals surface area contributed by atoms with Gasteiger partial charge in [0, 0.05) is 35.6 Å². The maximum absolute atomic E-state index is 13.7. The van der Waals surface area contributed by atoms with Gasteiger partial charge in [-0.3, -0.25) is 9.36 Å². The minimum absolute atomic E-state index is 0.00905. The van der Waals surface area contributed by atoms with Crippen LogP contribution < -0.4 is 5.69 Å². The average molecular weight is 437 g/mol. The summed E-state index contributed by atoms with van der Waals surface area (Å²) in [6, 6.07) is 26.0. The van der Waals surface area contributed by atoms with E-state index in [0.29, 0.717) is 18.8 Å². The molecular formula is C27H24N4O2. The summed E-state index contributed by atoms with van der Waals surface area (Å²) in [4.78, 5) is 34.5. The standard InChI is InChI=1S/C27H24N4O2/c32-26(25-24(18-8-2-1-3-9-18)20-10-4-5-11-21(20)28-25)30-16-14-19(15-17-30)31-23-13-7-6-12-22(23)29-27(31)33/h1-13,19,28H,14-17H2,(H,29,33). The molecule has 1 fully saturated rings. The second-order valence-electron chi connectivity index (χ2n) is 8.63. The number of para-hydroxylation sites is 3. The van der Waals surface area contributed by atoms with Gasteiger partial charge in [-0.05, 0) is 36.6 Å². The number of nitrogens with zero attached hydrogens (tertiary/aromatic N) is 2. The molecule has 2 aromatic heterocycles. The van der Waals surface area contributed by atoms with Crippen molar-refractivity contribution in [2.75, 3.05) is 13.1 Å². The summed E-state index contributed by atoms with van der Waals surface area (Å²) < 4.78 is 1.86. The molecule has 6 heteroatoms. The van der Waals surface area contributed by atoms with Crippen LogP contribution in [0.15, 0.2) is 83.7 Å². The Bertz CT molecular complexity index is 1520. The summed E-state index contributed by atoms with van der Waals surface area (Å²) in [6.07, 6.45) is 1.49. The number of carbonyl (C=O) groups excluding carboxylic acids is 1. The molecule has 0 bridgehead atoms. The number of aromatic amines is 2. The van der Waals surface area contributed by atoms with Crippen LogP contribution in [0, 0.1) is 0 Å². The molecule has 3 heterocycles. The van der Waals surface area contributed by atoms with Gasteiger partial charge in [-0.25, -0.2) is 4.79 Å². The summed E-state index contributed by atoms with van der Waals surface area (Å²) in [5, 5.41) is 1.05. The third-order valence-corrected chi connectivity index (χ3v) is 6.72. The molecule has 1 amide bonds. The fourth-order valence-corrected chi connectivity index (χ4v) is 5.13. The number of imidazole rings is 1. The molecule has 0 unspecified atom stereocenters. The van der Waals surface area contributed by atoms with E-state index in [-0.39, 0.29) is 17.6 Å². The summed E-state index contributed by atoms with van der Waals surface area (Å²) in [6.45, 7) is 1.22. The minimum Gasteiger partial charge on any atom is -0.350 e. The quantitative estimate of drug-likeness (QED) is 0.420. The Hall–Kier alpha value is -4.06. The van der Waals surface area contributed by atoms with E-state index in [4.69, 9.17) is 0 Å². The highest BCUT2D eigenvalue weighted by Crippen LogP contribution is 2.34. The van der Waals surface area contributed by atoms with E-state index in [1.807, 2.05) is 82.3 Å². The molecule has 0 aliphatic carbocycles. The van der Waals surface area contributed by atoms with Crippen molar-refractivity contribution in [1.29, 1.82) is 0 Å². The van der Waals surface area contributed by atoms with Crippen LogP contribution in [-0.2, 0) is 0 Å². The van der Waals surface area contributed by atoms with E-state index >= 15 is 0 Å². The van der Waals surface area contributed by atoms with Gasteiger partial charge in [-0.15, -0.1) is 0 Å². The largest absolute Gasteiger partial charge is 0.350 e. The van der Waals surface area contributed by atoms with E-state index in [0.717, 1.165) is 45.9 Å². The van der Waals surface area contributed by atoms with Crippen LogP contribution in [0.5, 0.6) is 0 Å². The van der Waals surface area contributed by atoms with Gasteiger partial charge in [0.25, 0.3) is 5.91 Å². The SMILES string of the molecule is O=C(c1[nH]c2ccccc2c1-c1ccccc1)N1CCC(n2c(=O)[nH]c3ccccc32)CC1. The zero-order valence-electron chi connectivity index (χ0n) is 18.1. The monoisotopic (exact) mass is 436 g/mol. The fourth-order valence-electron chi connectivity index (χ4n) is 5.13. The average Bonchev–Trinajstić information content (AvgIpc) is 3.41. The van der Waals surface area contributed by atoms with Crippen molar-refractivity contribution in [3.63, 3.8) is 0 Å². The third kappa shape index (κ3) is 3.26. The van der Waals surface area contributed by atoms with Gasteiger partial charge in [0.15, 0.2) is 0 Å². The molecule has 0 radical (unpaired) electrons. The lowest BCUT2D eigenvalue weighted by Gasteiger charge is -2.32. The van der Waals surface area contributed by atoms with Gasteiger partial charge in [-0.2, -0.15) is 0 Å². The first kappa shape index (κ1) is 19.6. The van der Waals surface area contributed by atoms with Gasteiger partial charge in [0.2, 0.25) is 0 Å². The van der Waals surface area contributed by atoms with Crippen LogP contribution in [0.2, 0.25) is 0 Å². The Morgan fingerprint density at radius 1 is 0.788 bits per heavy atom. The van der Waals surface area contributed by atoms with Crippen molar-refractivity contribution < 1.29 is 4.79 Å². The number of H-pyrrole nitrogens is 2. The molecule has 164 valence electrons. The van der Waals surface area contributed by atoms with E-state index in [1.54, 1.807) is 0 Å². The Morgan fingerprint density at radius 3 is 2.24 bits per heavy atom. The van der Waals surface area contributed by atoms with Crippen molar-refractivity contribution in [2.24, 2.45) is 0 Å². The number of hydrogen-bond acceptors (Lipinski definition) is 2. The number of benzene rings is 3. The molecule has 1 aliphatic rings. The minimum atomic E-state index is -0.0806. The molecule has 5 aromatic rings. The lowest BCUT2D eigenvalue weighted by atomic mass is 10.00. The Labute approximate surface area is 190 Å². The number of fused-ring (bicyclic) bond motifs is 2. The van der Waals surface area contributed by atoms with Gasteiger partial charge in [0.1, 0.15) is 5.69 Å². The van der Waals surface area contributed by atoms with E-state index in [2.05, 4.69) is 16.0 Å². The highest BCUT2D eigenvalue weighted by molar-refractivity contribution is 6.09. The van der Waals surface area contributed by atoms with Crippen molar-refractivity contribution in [3.8, 4) is 11.1 Å². The van der Waals surface area contributed by atoms with E-state index in [9.17, 15) is 9.59 Å². The van der Waals surface area contributed by atoms with Crippen LogP contribution in [0.3, 0.4) is 0 Å². The van der Waals surface area contributed by atoms with Crippen LogP contribution in [0.4, 0.5) is 0 Å². The van der Waals surface area contributed by atoms with Crippen molar-refractivity contribution in [2.45, 2.75) is 18.9 Å². The van der Waals surface area contributed by atoms with Crippen LogP contribution in [-0.4, -0.2) is 38.4 Å². The molecule has 3 aromatic carbocycles. The Balaban J connectivity index is 1.31. The first-order valence-corrected chi connectivity index (χ1v) is 11.4. The molecule has 33 heavy (non-hydrogen) atoms.